The predicted molar refractivity (Wildman–Crippen MR) is 268 cm³/mol. The second-order valence-electron chi connectivity index (χ2n) is 17.1. The van der Waals surface area contributed by atoms with Crippen LogP contribution in [0.25, 0.3) is 32.9 Å². The van der Waals surface area contributed by atoms with E-state index in [-0.39, 0.29) is 0 Å². The molecule has 0 amide bonds. The molecule has 0 bridgehead atoms. The molecule has 15 heteroatoms. The van der Waals surface area contributed by atoms with E-state index in [1.165, 1.54) is 16.7 Å². The summed E-state index contributed by atoms with van der Waals surface area (Å²) in [6.45, 7) is 15.3. The second kappa shape index (κ2) is 23.0. The number of morpholine rings is 3. The maximum absolute atomic E-state index is 6.11. The van der Waals surface area contributed by atoms with E-state index in [1.807, 2.05) is 60.7 Å². The molecule has 0 unspecified atom stereocenters. The summed E-state index contributed by atoms with van der Waals surface area (Å²) in [4.78, 5) is 25.9. The molecule has 3 aliphatic rings. The van der Waals surface area contributed by atoms with Crippen LogP contribution < -0.4 is 33.5 Å². The van der Waals surface area contributed by atoms with Crippen molar-refractivity contribution in [3.8, 4) is 46.1 Å². The highest BCUT2D eigenvalue weighted by molar-refractivity contribution is 5.94. The standard InChI is InChI=1S/C29H31N3O5.C25H30N4O3/c1-20-4-7-22(8-5-20)37-23-9-10-25-24(19-23)28(32-13-16-35-17-14-32)31-29(30-25)36-15-12-21-6-11-26(33-2)27(18-21)34-3;1-19-2-4-20(5-3-19)21-6-7-23-22(18-21)24(29-11-15-31-16-12-29)27-25(26-23)32-17-10-28-8-13-30-14-9-28/h4-11,18-19H,12-17H2,1-3H3;2-7,18H,8-17H2,1H3. The number of ether oxygens (including phenoxy) is 8. The number of hydrogen-bond acceptors (Lipinski definition) is 15. The normalized spacial score (nSPS) is 15.4. The molecule has 15 nitrogen and oxygen atoms in total. The highest BCUT2D eigenvalue weighted by atomic mass is 16.5. The summed E-state index contributed by atoms with van der Waals surface area (Å²) in [5.74, 6) is 4.66. The molecule has 3 aliphatic heterocycles. The second-order valence-corrected chi connectivity index (χ2v) is 17.1. The predicted octanol–water partition coefficient (Wildman–Crippen LogP) is 8.36. The lowest BCUT2D eigenvalue weighted by atomic mass is 10.0. The van der Waals surface area contributed by atoms with Crippen LogP contribution in [0.3, 0.4) is 0 Å². The van der Waals surface area contributed by atoms with Crippen LogP contribution in [-0.2, 0) is 20.6 Å². The van der Waals surface area contributed by atoms with Gasteiger partial charge in [0.2, 0.25) is 0 Å². The third kappa shape index (κ3) is 12.3. The summed E-state index contributed by atoms with van der Waals surface area (Å²) < 4.78 is 45.4. The Balaban J connectivity index is 0.000000174. The monoisotopic (exact) mass is 935 g/mol. The fraction of sp³-hybridized carbons (Fsp3) is 0.370. The van der Waals surface area contributed by atoms with Gasteiger partial charge in [-0.1, -0.05) is 59.7 Å². The Bertz CT molecular complexity index is 2780. The average Bonchev–Trinajstić information content (AvgIpc) is 3.40. The topological polar surface area (TPSA) is 135 Å². The SMILES string of the molecule is COc1ccc(CCOc2nc(N3CCOCC3)c3cc(Oc4ccc(C)cc4)ccc3n2)cc1OC.Cc1ccc(-c2ccc3nc(OCCN4CCOCC4)nc(N4CCOCC4)c3c2)cc1. The molecule has 2 aromatic heterocycles. The van der Waals surface area contributed by atoms with E-state index in [9.17, 15) is 0 Å². The third-order valence-corrected chi connectivity index (χ3v) is 12.4. The van der Waals surface area contributed by atoms with Crippen molar-refractivity contribution in [1.82, 2.24) is 24.8 Å². The van der Waals surface area contributed by atoms with E-state index >= 15 is 0 Å². The van der Waals surface area contributed by atoms with Crippen molar-refractivity contribution in [2.24, 2.45) is 0 Å². The van der Waals surface area contributed by atoms with Crippen LogP contribution in [0, 0.1) is 13.8 Å². The molecule has 5 heterocycles. The van der Waals surface area contributed by atoms with Crippen molar-refractivity contribution in [1.29, 1.82) is 0 Å². The minimum Gasteiger partial charge on any atom is -0.493 e. The molecule has 360 valence electrons. The zero-order valence-electron chi connectivity index (χ0n) is 40.0. The molecule has 0 atom stereocenters. The molecule has 7 aromatic rings. The van der Waals surface area contributed by atoms with Crippen LogP contribution in [0.4, 0.5) is 11.6 Å². The van der Waals surface area contributed by atoms with Crippen LogP contribution >= 0.6 is 0 Å². The number of fused-ring (bicyclic) bond motifs is 2. The molecule has 0 N–H and O–H groups in total. The van der Waals surface area contributed by atoms with Crippen LogP contribution in [0.15, 0.2) is 103 Å². The fourth-order valence-electron chi connectivity index (χ4n) is 8.44. The maximum Gasteiger partial charge on any atom is 0.318 e. The van der Waals surface area contributed by atoms with E-state index in [1.54, 1.807) is 14.2 Å². The average molecular weight is 936 g/mol. The van der Waals surface area contributed by atoms with Crippen molar-refractivity contribution < 1.29 is 37.9 Å². The minimum atomic E-state index is 0.349. The lowest BCUT2D eigenvalue weighted by Crippen LogP contribution is -2.39. The first-order valence-corrected chi connectivity index (χ1v) is 23.8. The Labute approximate surface area is 403 Å². The summed E-state index contributed by atoms with van der Waals surface area (Å²) >= 11 is 0. The quantitative estimate of drug-likeness (QED) is 0.0974. The minimum absolute atomic E-state index is 0.349. The van der Waals surface area contributed by atoms with E-state index in [2.05, 4.69) is 71.0 Å². The van der Waals surface area contributed by atoms with E-state index in [0.29, 0.717) is 69.6 Å². The lowest BCUT2D eigenvalue weighted by molar-refractivity contribution is 0.0317. The first kappa shape index (κ1) is 47.3. The summed E-state index contributed by atoms with van der Waals surface area (Å²) in [6, 6.07) is 35.5. The van der Waals surface area contributed by atoms with Gasteiger partial charge in [-0.2, -0.15) is 19.9 Å². The maximum atomic E-state index is 6.11. The van der Waals surface area contributed by atoms with Crippen molar-refractivity contribution >= 4 is 33.4 Å². The van der Waals surface area contributed by atoms with E-state index in [0.717, 1.165) is 115 Å². The van der Waals surface area contributed by atoms with Crippen LogP contribution in [0.1, 0.15) is 16.7 Å². The van der Waals surface area contributed by atoms with Gasteiger partial charge in [0.15, 0.2) is 11.5 Å². The molecular weight excluding hydrogens is 875 g/mol. The Morgan fingerprint density at radius 1 is 0.493 bits per heavy atom. The van der Waals surface area contributed by atoms with Crippen LogP contribution in [0.5, 0.6) is 35.0 Å². The third-order valence-electron chi connectivity index (χ3n) is 12.4. The van der Waals surface area contributed by atoms with Crippen molar-refractivity contribution in [3.05, 3.63) is 120 Å². The number of hydrogen-bond donors (Lipinski definition) is 0. The van der Waals surface area contributed by atoms with Gasteiger partial charge in [-0.15, -0.1) is 0 Å². The van der Waals surface area contributed by atoms with Gasteiger partial charge < -0.3 is 47.7 Å². The van der Waals surface area contributed by atoms with Gasteiger partial charge in [0.05, 0.1) is 71.5 Å². The molecule has 3 saturated heterocycles. The summed E-state index contributed by atoms with van der Waals surface area (Å²) in [5.41, 5.74) is 7.57. The van der Waals surface area contributed by atoms with Gasteiger partial charge in [-0.3, -0.25) is 4.90 Å². The molecule has 0 spiro atoms. The highest BCUT2D eigenvalue weighted by Crippen LogP contribution is 2.34. The van der Waals surface area contributed by atoms with Gasteiger partial charge in [-0.25, -0.2) is 0 Å². The Morgan fingerprint density at radius 2 is 1.01 bits per heavy atom. The number of aryl methyl sites for hydroxylation is 2. The summed E-state index contributed by atoms with van der Waals surface area (Å²) in [6.07, 6.45) is 0.679. The van der Waals surface area contributed by atoms with Crippen molar-refractivity contribution in [3.63, 3.8) is 0 Å². The van der Waals surface area contributed by atoms with Crippen molar-refractivity contribution in [2.75, 3.05) is 123 Å². The number of rotatable bonds is 15. The van der Waals surface area contributed by atoms with Crippen molar-refractivity contribution in [2.45, 2.75) is 20.3 Å². The molecule has 69 heavy (non-hydrogen) atoms. The summed E-state index contributed by atoms with van der Waals surface area (Å²) in [5, 5.41) is 1.96. The summed E-state index contributed by atoms with van der Waals surface area (Å²) in [7, 11) is 3.26. The smallest absolute Gasteiger partial charge is 0.318 e. The van der Waals surface area contributed by atoms with Gasteiger partial charge >= 0.3 is 12.0 Å². The molecule has 5 aromatic carbocycles. The molecule has 10 rings (SSSR count). The number of anilines is 2. The van der Waals surface area contributed by atoms with Gasteiger partial charge in [0.1, 0.15) is 29.7 Å². The van der Waals surface area contributed by atoms with Gasteiger partial charge in [-0.05, 0) is 85.1 Å². The van der Waals surface area contributed by atoms with E-state index in [4.69, 9.17) is 57.8 Å². The zero-order chi connectivity index (χ0) is 47.4. The first-order chi connectivity index (χ1) is 33.9. The van der Waals surface area contributed by atoms with Crippen LogP contribution in [0.2, 0.25) is 0 Å². The number of benzene rings is 5. The molecule has 0 radical (unpaired) electrons. The van der Waals surface area contributed by atoms with Gasteiger partial charge in [0.25, 0.3) is 0 Å². The molecule has 0 aliphatic carbocycles. The van der Waals surface area contributed by atoms with Gasteiger partial charge in [0, 0.05) is 63.0 Å². The molecule has 3 fully saturated rings. The Hall–Kier alpha value is -6.78. The molecule has 0 saturated carbocycles. The zero-order valence-corrected chi connectivity index (χ0v) is 40.0. The first-order valence-electron chi connectivity index (χ1n) is 23.8. The Morgan fingerprint density at radius 3 is 1.62 bits per heavy atom. The Kier molecular flexibility index (Phi) is 15.8. The largest absolute Gasteiger partial charge is 0.493 e. The fourth-order valence-corrected chi connectivity index (χ4v) is 8.44. The lowest BCUT2D eigenvalue weighted by Gasteiger charge is -2.29. The number of methoxy groups -OCH3 is 2. The highest BCUT2D eigenvalue weighted by Gasteiger charge is 2.21. The van der Waals surface area contributed by atoms with E-state index < -0.39 is 0 Å². The van der Waals surface area contributed by atoms with Crippen LogP contribution in [-0.4, -0.2) is 138 Å². The number of nitrogens with zero attached hydrogens (tertiary/aromatic N) is 7. The molecular formula is C54H61N7O8. The number of aromatic nitrogens is 4.